The van der Waals surface area contributed by atoms with E-state index in [0.29, 0.717) is 31.4 Å². The van der Waals surface area contributed by atoms with E-state index in [-0.39, 0.29) is 54.6 Å². The van der Waals surface area contributed by atoms with Crippen molar-refractivity contribution in [2.45, 2.75) is 101 Å². The van der Waals surface area contributed by atoms with Gasteiger partial charge in [0, 0.05) is 42.7 Å². The van der Waals surface area contributed by atoms with Crippen LogP contribution in [0.15, 0.2) is 12.1 Å². The van der Waals surface area contributed by atoms with Crippen LogP contribution in [0.25, 0.3) is 0 Å². The number of ether oxygens (including phenoxy) is 2. The van der Waals surface area contributed by atoms with Crippen molar-refractivity contribution >= 4 is 17.7 Å². The van der Waals surface area contributed by atoms with Gasteiger partial charge in [0.15, 0.2) is 0 Å². The molecule has 3 fully saturated rings. The van der Waals surface area contributed by atoms with E-state index in [1.807, 2.05) is 0 Å². The van der Waals surface area contributed by atoms with Gasteiger partial charge in [-0.1, -0.05) is 6.07 Å². The summed E-state index contributed by atoms with van der Waals surface area (Å²) in [7, 11) is 0. The number of piperidine rings is 1. The normalized spacial score (nSPS) is 30.5. The number of carbonyl (C=O) groups is 3. The molecule has 3 aliphatic heterocycles. The first-order valence-corrected chi connectivity index (χ1v) is 13.1. The number of alkyl halides is 2. The third-order valence-electron chi connectivity index (χ3n) is 8.01. The Morgan fingerprint density at radius 3 is 2.62 bits per heavy atom. The van der Waals surface area contributed by atoms with E-state index in [4.69, 9.17) is 4.74 Å². The molecule has 3 atom stereocenters. The number of fused-ring (bicyclic) bond motifs is 1. The molecular weight excluding hydrogens is 491 g/mol. The van der Waals surface area contributed by atoms with Crippen LogP contribution in [0, 0.1) is 5.82 Å². The molecule has 5 rings (SSSR count). The van der Waals surface area contributed by atoms with Crippen molar-refractivity contribution in [3.63, 3.8) is 0 Å². The summed E-state index contributed by atoms with van der Waals surface area (Å²) in [6, 6.07) is 2.59. The van der Waals surface area contributed by atoms with Gasteiger partial charge in [-0.05, 0) is 56.6 Å². The van der Waals surface area contributed by atoms with E-state index in [1.165, 1.54) is 4.90 Å². The van der Waals surface area contributed by atoms with Gasteiger partial charge in [-0.3, -0.25) is 19.7 Å². The molecule has 2 saturated heterocycles. The Kier molecular flexibility index (Phi) is 7.83. The molecule has 1 aliphatic carbocycles. The largest absolute Gasteiger partial charge is 0.376 e. The molecule has 0 spiro atoms. The van der Waals surface area contributed by atoms with Crippen molar-refractivity contribution in [1.29, 1.82) is 0 Å². The van der Waals surface area contributed by atoms with Crippen LogP contribution >= 0.6 is 0 Å². The maximum atomic E-state index is 15.7. The number of rotatable bonds is 7. The van der Waals surface area contributed by atoms with E-state index in [2.05, 4.69) is 15.4 Å². The van der Waals surface area contributed by atoms with E-state index in [1.54, 1.807) is 12.1 Å². The molecule has 202 valence electrons. The highest BCUT2D eigenvalue weighted by Crippen LogP contribution is 2.32. The molecule has 11 heteroatoms. The maximum absolute atomic E-state index is 15.7. The molecule has 4 aliphatic rings. The minimum atomic E-state index is -2.75. The Morgan fingerprint density at radius 2 is 1.89 bits per heavy atom. The van der Waals surface area contributed by atoms with Gasteiger partial charge in [0.2, 0.25) is 11.8 Å². The predicted octanol–water partition coefficient (Wildman–Crippen LogP) is 2.82. The quantitative estimate of drug-likeness (QED) is 0.534. The van der Waals surface area contributed by atoms with Gasteiger partial charge >= 0.3 is 6.61 Å². The number of hydrogen-bond acceptors (Lipinski definition) is 6. The van der Waals surface area contributed by atoms with Crippen molar-refractivity contribution in [1.82, 2.24) is 15.5 Å². The van der Waals surface area contributed by atoms with Crippen molar-refractivity contribution in [3.8, 4) is 0 Å². The van der Waals surface area contributed by atoms with Gasteiger partial charge in [0.25, 0.3) is 5.91 Å². The summed E-state index contributed by atoms with van der Waals surface area (Å²) in [5, 5.41) is 5.87. The average Bonchev–Trinajstić information content (AvgIpc) is 3.20. The second kappa shape index (κ2) is 11.1. The van der Waals surface area contributed by atoms with Crippen molar-refractivity contribution in [3.05, 3.63) is 34.6 Å². The van der Waals surface area contributed by atoms with E-state index >= 15 is 4.39 Å². The predicted molar refractivity (Wildman–Crippen MR) is 125 cm³/mol. The van der Waals surface area contributed by atoms with Crippen molar-refractivity contribution in [2.24, 2.45) is 0 Å². The average molecular weight is 524 g/mol. The molecule has 0 radical (unpaired) electrons. The molecule has 2 N–H and O–H groups in total. The lowest BCUT2D eigenvalue weighted by Crippen LogP contribution is -2.52. The zero-order valence-electron chi connectivity index (χ0n) is 20.5. The first-order valence-electron chi connectivity index (χ1n) is 13.1. The first-order chi connectivity index (χ1) is 17.8. The minimum absolute atomic E-state index is 0.000531. The lowest BCUT2D eigenvalue weighted by atomic mass is 9.89. The summed E-state index contributed by atoms with van der Waals surface area (Å²) in [4.78, 5) is 38.0. The molecule has 0 bridgehead atoms. The smallest absolute Gasteiger partial charge is 0.345 e. The van der Waals surface area contributed by atoms with E-state index in [9.17, 15) is 23.2 Å². The number of imide groups is 1. The standard InChI is InChI=1S/C26H32F3N3O5/c27-23-14(3-8-17-18(23)13-32(25(17)35)20-9-10-22(33)31-24(20)34)12-21-19(2-1-11-36-21)30-15-4-6-16(7-5-15)37-26(28)29/h3,8,15-16,19-21,26,30H,1-2,4-7,9-13H2,(H,31,33,34)/t15-,16+,19-,20?,21+/m0/s1. The minimum Gasteiger partial charge on any atom is -0.376 e. The van der Waals surface area contributed by atoms with Gasteiger partial charge in [-0.2, -0.15) is 8.78 Å². The van der Waals surface area contributed by atoms with Crippen LogP contribution in [0.5, 0.6) is 0 Å². The summed E-state index contributed by atoms with van der Waals surface area (Å²) in [6.07, 6.45) is 4.34. The summed E-state index contributed by atoms with van der Waals surface area (Å²) in [5.41, 5.74) is 0.960. The number of amides is 3. The molecule has 3 heterocycles. The highest BCUT2D eigenvalue weighted by molar-refractivity contribution is 6.05. The van der Waals surface area contributed by atoms with Crippen LogP contribution in [-0.2, 0) is 32.0 Å². The molecule has 8 nitrogen and oxygen atoms in total. The van der Waals surface area contributed by atoms with Crippen LogP contribution in [0.3, 0.4) is 0 Å². The summed E-state index contributed by atoms with van der Waals surface area (Å²) < 4.78 is 51.3. The number of nitrogens with zero attached hydrogens (tertiary/aromatic N) is 1. The lowest BCUT2D eigenvalue weighted by Gasteiger charge is -2.37. The molecule has 1 saturated carbocycles. The molecule has 1 aromatic rings. The number of benzene rings is 1. The fraction of sp³-hybridized carbons (Fsp3) is 0.654. The third kappa shape index (κ3) is 5.68. The molecule has 37 heavy (non-hydrogen) atoms. The SMILES string of the molecule is O=C1CCC(N2Cc3c(ccc(C[C@H]4OCCC[C@@H]4N[C@H]4CC[C@@H](OC(F)F)CC4)c3F)C2=O)C(=O)N1. The lowest BCUT2D eigenvalue weighted by molar-refractivity contribution is -0.170. The number of halogens is 3. The van der Waals surface area contributed by atoms with Crippen LogP contribution in [0.4, 0.5) is 13.2 Å². The van der Waals surface area contributed by atoms with E-state index < -0.39 is 36.4 Å². The monoisotopic (exact) mass is 523 g/mol. The van der Waals surface area contributed by atoms with Gasteiger partial charge in [-0.25, -0.2) is 4.39 Å². The Labute approximate surface area is 213 Å². The number of hydrogen-bond donors (Lipinski definition) is 2. The number of carbonyl (C=O) groups excluding carboxylic acids is 3. The fourth-order valence-corrected chi connectivity index (χ4v) is 6.07. The second-order valence-electron chi connectivity index (χ2n) is 10.4. The zero-order chi connectivity index (χ0) is 26.1. The second-order valence-corrected chi connectivity index (χ2v) is 10.4. The molecule has 3 amide bonds. The molecular formula is C26H32F3N3O5. The Hall–Kier alpha value is -2.50. The zero-order valence-corrected chi connectivity index (χ0v) is 20.5. The van der Waals surface area contributed by atoms with Crippen molar-refractivity contribution in [2.75, 3.05) is 6.61 Å². The summed E-state index contributed by atoms with van der Waals surface area (Å²) in [5.74, 6) is -1.77. The highest BCUT2D eigenvalue weighted by Gasteiger charge is 2.41. The molecule has 0 aromatic heterocycles. The van der Waals surface area contributed by atoms with E-state index in [0.717, 1.165) is 25.7 Å². The van der Waals surface area contributed by atoms with Gasteiger partial charge < -0.3 is 19.7 Å². The van der Waals surface area contributed by atoms with Gasteiger partial charge in [0.05, 0.1) is 18.8 Å². The topological polar surface area (TPSA) is 97.0 Å². The Morgan fingerprint density at radius 1 is 1.11 bits per heavy atom. The van der Waals surface area contributed by atoms with Gasteiger partial charge in [0.1, 0.15) is 11.9 Å². The first kappa shape index (κ1) is 26.1. The molecule has 1 unspecified atom stereocenters. The number of nitrogens with one attached hydrogen (secondary N) is 2. The van der Waals surface area contributed by atoms with Gasteiger partial charge in [-0.15, -0.1) is 0 Å². The van der Waals surface area contributed by atoms with Crippen molar-refractivity contribution < 1.29 is 37.0 Å². The maximum Gasteiger partial charge on any atom is 0.345 e. The third-order valence-corrected chi connectivity index (χ3v) is 8.01. The summed E-state index contributed by atoms with van der Waals surface area (Å²) in [6.45, 7) is -2.19. The fourth-order valence-electron chi connectivity index (χ4n) is 6.07. The Balaban J connectivity index is 1.23. The molecule has 1 aromatic carbocycles. The Bertz CT molecular complexity index is 1050. The highest BCUT2D eigenvalue weighted by atomic mass is 19.3. The van der Waals surface area contributed by atoms with Crippen LogP contribution in [0.1, 0.15) is 72.9 Å². The van der Waals surface area contributed by atoms with Crippen LogP contribution in [0.2, 0.25) is 0 Å². The summed E-state index contributed by atoms with van der Waals surface area (Å²) >= 11 is 0. The van der Waals surface area contributed by atoms with Crippen LogP contribution in [-0.4, -0.2) is 66.2 Å². The van der Waals surface area contributed by atoms with Crippen LogP contribution < -0.4 is 10.6 Å².